The van der Waals surface area contributed by atoms with Crippen LogP contribution in [0.3, 0.4) is 0 Å². The van der Waals surface area contributed by atoms with E-state index in [1.54, 1.807) is 54.6 Å². The number of amides is 1. The van der Waals surface area contributed by atoms with Crippen LogP contribution in [0.15, 0.2) is 72.3 Å². The van der Waals surface area contributed by atoms with Crippen molar-refractivity contribution in [2.75, 3.05) is 34.5 Å². The fourth-order valence-corrected chi connectivity index (χ4v) is 4.28. The Balaban J connectivity index is 1.70. The van der Waals surface area contributed by atoms with E-state index in [1.165, 1.54) is 38.4 Å². The molecule has 0 spiro atoms. The van der Waals surface area contributed by atoms with Gasteiger partial charge in [-0.05, 0) is 47.5 Å². The lowest BCUT2D eigenvalue weighted by molar-refractivity contribution is -0.140. The molecule has 1 aliphatic rings. The molecule has 1 aliphatic heterocycles. The van der Waals surface area contributed by atoms with E-state index in [0.29, 0.717) is 17.1 Å². The third-order valence-corrected chi connectivity index (χ3v) is 6.25. The van der Waals surface area contributed by atoms with Gasteiger partial charge in [-0.3, -0.25) is 9.59 Å². The van der Waals surface area contributed by atoms with Crippen LogP contribution >= 0.6 is 0 Å². The van der Waals surface area contributed by atoms with Crippen molar-refractivity contribution in [3.63, 3.8) is 0 Å². The molecule has 1 saturated heterocycles. The van der Waals surface area contributed by atoms with E-state index >= 15 is 0 Å². The van der Waals surface area contributed by atoms with Crippen LogP contribution in [0.4, 0.5) is 4.39 Å². The van der Waals surface area contributed by atoms with E-state index in [0.717, 1.165) is 5.56 Å². The number of halogens is 1. The third-order valence-electron chi connectivity index (χ3n) is 6.25. The molecule has 4 rings (SSSR count). The molecule has 1 atom stereocenters. The number of nitrogens with zero attached hydrogens (tertiary/aromatic N) is 1. The number of carbonyl (C=O) groups is 2. The highest BCUT2D eigenvalue weighted by Crippen LogP contribution is 2.41. The van der Waals surface area contributed by atoms with Crippen molar-refractivity contribution in [3.8, 4) is 17.2 Å². The van der Waals surface area contributed by atoms with Crippen LogP contribution in [-0.4, -0.2) is 56.2 Å². The van der Waals surface area contributed by atoms with Crippen LogP contribution in [0.25, 0.3) is 5.76 Å². The average molecular weight is 522 g/mol. The first-order chi connectivity index (χ1) is 18.4. The minimum atomic E-state index is -0.858. The highest BCUT2D eigenvalue weighted by Gasteiger charge is 2.46. The monoisotopic (exact) mass is 521 g/mol. The summed E-state index contributed by atoms with van der Waals surface area (Å²) in [5.41, 5.74) is 1.59. The molecule has 0 radical (unpaired) electrons. The summed E-state index contributed by atoms with van der Waals surface area (Å²) >= 11 is 0. The summed E-state index contributed by atoms with van der Waals surface area (Å²) in [4.78, 5) is 27.6. The quantitative estimate of drug-likeness (QED) is 0.239. The predicted octanol–water partition coefficient (Wildman–Crippen LogP) is 4.49. The zero-order chi connectivity index (χ0) is 27.2. The molecule has 0 aliphatic carbocycles. The van der Waals surface area contributed by atoms with Crippen molar-refractivity contribution >= 4 is 17.4 Å². The van der Waals surface area contributed by atoms with Gasteiger partial charge in [-0.2, -0.15) is 0 Å². The summed E-state index contributed by atoms with van der Waals surface area (Å²) < 4.78 is 34.7. The highest BCUT2D eigenvalue weighted by atomic mass is 19.1. The second-order valence-electron chi connectivity index (χ2n) is 8.54. The Morgan fingerprint density at radius 3 is 2.24 bits per heavy atom. The van der Waals surface area contributed by atoms with Gasteiger partial charge in [-0.15, -0.1) is 0 Å². The molecular weight excluding hydrogens is 493 g/mol. The van der Waals surface area contributed by atoms with E-state index in [2.05, 4.69) is 0 Å². The van der Waals surface area contributed by atoms with E-state index in [-0.39, 0.29) is 48.2 Å². The van der Waals surface area contributed by atoms with E-state index in [9.17, 15) is 19.1 Å². The maximum absolute atomic E-state index is 13.2. The lowest BCUT2D eigenvalue weighted by atomic mass is 9.95. The highest BCUT2D eigenvalue weighted by molar-refractivity contribution is 6.46. The summed E-state index contributed by atoms with van der Waals surface area (Å²) in [6.45, 7) is 0.586. The molecule has 1 fully saturated rings. The summed E-state index contributed by atoms with van der Waals surface area (Å²) in [7, 11) is 4.44. The Kier molecular flexibility index (Phi) is 8.28. The lowest BCUT2D eigenvalue weighted by Crippen LogP contribution is -2.32. The van der Waals surface area contributed by atoms with Gasteiger partial charge in [-0.25, -0.2) is 4.39 Å². The normalized spacial score (nSPS) is 16.5. The molecule has 38 heavy (non-hydrogen) atoms. The zero-order valence-corrected chi connectivity index (χ0v) is 21.3. The molecule has 0 saturated carbocycles. The molecule has 9 heteroatoms. The van der Waals surface area contributed by atoms with Gasteiger partial charge in [0, 0.05) is 19.7 Å². The number of ketones is 1. The van der Waals surface area contributed by atoms with E-state index in [4.69, 9.17) is 18.9 Å². The maximum Gasteiger partial charge on any atom is 0.295 e. The molecule has 0 aromatic heterocycles. The number of rotatable bonds is 10. The van der Waals surface area contributed by atoms with Crippen molar-refractivity contribution in [1.29, 1.82) is 0 Å². The van der Waals surface area contributed by atoms with Gasteiger partial charge < -0.3 is 29.0 Å². The number of benzene rings is 3. The number of Topliss-reactive ketones (excluding diaryl/α,β-unsaturated/α-hetero) is 1. The van der Waals surface area contributed by atoms with Gasteiger partial charge in [0.1, 0.15) is 35.4 Å². The van der Waals surface area contributed by atoms with E-state index < -0.39 is 17.7 Å². The Labute approximate surface area is 219 Å². The number of aliphatic hydroxyl groups excluding tert-OH is 1. The van der Waals surface area contributed by atoms with Crippen molar-refractivity contribution in [2.45, 2.75) is 12.6 Å². The average Bonchev–Trinajstić information content (AvgIpc) is 3.20. The van der Waals surface area contributed by atoms with Crippen LogP contribution in [0.1, 0.15) is 22.7 Å². The van der Waals surface area contributed by atoms with Crippen molar-refractivity contribution < 1.29 is 38.0 Å². The second-order valence-corrected chi connectivity index (χ2v) is 8.54. The summed E-state index contributed by atoms with van der Waals surface area (Å²) in [6.07, 6.45) is 0. The van der Waals surface area contributed by atoms with Crippen LogP contribution in [0.5, 0.6) is 17.2 Å². The summed E-state index contributed by atoms with van der Waals surface area (Å²) in [6, 6.07) is 16.8. The molecule has 0 bridgehead atoms. The van der Waals surface area contributed by atoms with Gasteiger partial charge in [0.2, 0.25) is 0 Å². The zero-order valence-electron chi connectivity index (χ0n) is 21.3. The molecule has 3 aromatic rings. The molecule has 198 valence electrons. The summed E-state index contributed by atoms with van der Waals surface area (Å²) in [5.74, 6) is -0.889. The molecule has 1 amide bonds. The number of aliphatic hydroxyl groups is 1. The van der Waals surface area contributed by atoms with Crippen molar-refractivity contribution in [3.05, 3.63) is 94.8 Å². The standard InChI is InChI=1S/C29H28FNO7/c1-35-15-14-31-26(19-6-10-21(11-7-19)38-17-18-4-8-20(30)9-5-18)25(28(33)29(31)34)27(32)23-13-12-22(36-2)16-24(23)37-3/h4-13,16,26,32H,14-15,17H2,1-3H3/b27-25-. The Bertz CT molecular complexity index is 1340. The largest absolute Gasteiger partial charge is 0.507 e. The first-order valence-electron chi connectivity index (χ1n) is 11.8. The molecule has 1 heterocycles. The number of methoxy groups -OCH3 is 3. The summed E-state index contributed by atoms with van der Waals surface area (Å²) in [5, 5.41) is 11.3. The molecule has 1 N–H and O–H groups in total. The van der Waals surface area contributed by atoms with Gasteiger partial charge in [-0.1, -0.05) is 24.3 Å². The van der Waals surface area contributed by atoms with Gasteiger partial charge in [0.15, 0.2) is 0 Å². The topological polar surface area (TPSA) is 94.5 Å². The maximum atomic E-state index is 13.2. The van der Waals surface area contributed by atoms with Gasteiger partial charge in [0.25, 0.3) is 11.7 Å². The SMILES string of the molecule is COCCN1C(=O)C(=O)/C(=C(\O)c2ccc(OC)cc2OC)C1c1ccc(OCc2ccc(F)cc2)cc1. The van der Waals surface area contributed by atoms with Gasteiger partial charge in [0.05, 0.1) is 38.0 Å². The minimum Gasteiger partial charge on any atom is -0.507 e. The number of hydrogen-bond acceptors (Lipinski definition) is 7. The van der Waals surface area contributed by atoms with Crippen LogP contribution in [0.2, 0.25) is 0 Å². The van der Waals surface area contributed by atoms with Crippen molar-refractivity contribution in [2.24, 2.45) is 0 Å². The Hall–Kier alpha value is -4.37. The third kappa shape index (κ3) is 5.47. The number of hydrogen-bond donors (Lipinski definition) is 1. The fourth-order valence-electron chi connectivity index (χ4n) is 4.28. The smallest absolute Gasteiger partial charge is 0.295 e. The minimum absolute atomic E-state index is 0.0606. The molecule has 1 unspecified atom stereocenters. The first kappa shape index (κ1) is 26.7. The number of carbonyl (C=O) groups excluding carboxylic acids is 2. The van der Waals surface area contributed by atoms with Crippen LogP contribution in [-0.2, 0) is 20.9 Å². The van der Waals surface area contributed by atoms with Gasteiger partial charge >= 0.3 is 0 Å². The second kappa shape index (κ2) is 11.8. The number of likely N-dealkylation sites (tertiary alicyclic amines) is 1. The molecular formula is C29H28FNO7. The van der Waals surface area contributed by atoms with E-state index in [1.807, 2.05) is 0 Å². The Morgan fingerprint density at radius 2 is 1.61 bits per heavy atom. The van der Waals surface area contributed by atoms with Crippen LogP contribution < -0.4 is 14.2 Å². The molecule has 8 nitrogen and oxygen atoms in total. The molecule has 3 aromatic carbocycles. The lowest BCUT2D eigenvalue weighted by Gasteiger charge is -2.25. The van der Waals surface area contributed by atoms with Crippen molar-refractivity contribution in [1.82, 2.24) is 4.90 Å². The fraction of sp³-hybridized carbons (Fsp3) is 0.241. The number of ether oxygens (including phenoxy) is 4. The predicted molar refractivity (Wildman–Crippen MR) is 138 cm³/mol. The first-order valence-corrected chi connectivity index (χ1v) is 11.8. The Morgan fingerprint density at radius 1 is 0.921 bits per heavy atom. The van der Waals surface area contributed by atoms with Crippen LogP contribution in [0, 0.1) is 5.82 Å².